The molecule has 1 saturated carbocycles. The van der Waals surface area contributed by atoms with Gasteiger partial charge in [-0.2, -0.15) is 0 Å². The molecule has 1 saturated heterocycles. The van der Waals surface area contributed by atoms with Crippen LogP contribution in [-0.4, -0.2) is 55.4 Å². The molecular weight excluding hydrogens is 342 g/mol. The quantitative estimate of drug-likeness (QED) is 0.741. The van der Waals surface area contributed by atoms with Gasteiger partial charge >= 0.3 is 5.97 Å². The zero-order valence-electron chi connectivity index (χ0n) is 14.5. The number of carbonyl (C=O) groups is 2. The van der Waals surface area contributed by atoms with Crippen molar-refractivity contribution < 1.29 is 22.7 Å². The highest BCUT2D eigenvalue weighted by atomic mass is 32.2. The number of rotatable bonds is 5. The maximum absolute atomic E-state index is 12.5. The van der Waals surface area contributed by atoms with Gasteiger partial charge in [0.2, 0.25) is 0 Å². The van der Waals surface area contributed by atoms with E-state index < -0.39 is 15.8 Å². The van der Waals surface area contributed by atoms with Crippen LogP contribution in [0, 0.1) is 13.8 Å². The Morgan fingerprint density at radius 3 is 2.24 bits per heavy atom. The summed E-state index contributed by atoms with van der Waals surface area (Å²) in [7, 11) is -3.07. The van der Waals surface area contributed by atoms with Crippen molar-refractivity contribution in [3.63, 3.8) is 0 Å². The molecule has 1 aliphatic heterocycles. The highest BCUT2D eigenvalue weighted by Gasteiger charge is 2.42. The normalized spacial score (nSPS) is 21.8. The molecule has 25 heavy (non-hydrogen) atoms. The Morgan fingerprint density at radius 2 is 1.72 bits per heavy atom. The minimum Gasteiger partial charge on any atom is -0.452 e. The van der Waals surface area contributed by atoms with Crippen molar-refractivity contribution in [2.45, 2.75) is 45.2 Å². The first-order chi connectivity index (χ1) is 11.7. The van der Waals surface area contributed by atoms with Crippen LogP contribution in [0.25, 0.3) is 0 Å². The van der Waals surface area contributed by atoms with Crippen molar-refractivity contribution in [1.29, 1.82) is 0 Å². The Kier molecular flexibility index (Phi) is 4.86. The predicted octanol–water partition coefficient (Wildman–Crippen LogP) is 1.64. The number of sulfone groups is 1. The molecule has 0 spiro atoms. The van der Waals surface area contributed by atoms with E-state index in [1.165, 1.54) is 0 Å². The van der Waals surface area contributed by atoms with E-state index in [9.17, 15) is 18.0 Å². The molecule has 0 radical (unpaired) electrons. The predicted molar refractivity (Wildman–Crippen MR) is 93.1 cm³/mol. The standard InChI is InChI=1S/C18H23NO5S/c1-12-7-13(2)9-14(8-12)18(21)24-10-17(20)19(15-3-4-15)16-5-6-25(22,23)11-16/h7-9,15-16H,3-6,10-11H2,1-2H3/t16-/m1/s1. The van der Waals surface area contributed by atoms with Crippen molar-refractivity contribution in [2.75, 3.05) is 18.1 Å². The highest BCUT2D eigenvalue weighted by Crippen LogP contribution is 2.32. The van der Waals surface area contributed by atoms with Gasteiger partial charge in [0.15, 0.2) is 16.4 Å². The van der Waals surface area contributed by atoms with Gasteiger partial charge in [-0.05, 0) is 45.2 Å². The Morgan fingerprint density at radius 1 is 1.08 bits per heavy atom. The fourth-order valence-electron chi connectivity index (χ4n) is 3.43. The summed E-state index contributed by atoms with van der Waals surface area (Å²) in [4.78, 5) is 26.4. The molecule has 0 N–H and O–H groups in total. The van der Waals surface area contributed by atoms with Crippen molar-refractivity contribution >= 4 is 21.7 Å². The average molecular weight is 365 g/mol. The number of hydrogen-bond acceptors (Lipinski definition) is 5. The monoisotopic (exact) mass is 365 g/mol. The van der Waals surface area contributed by atoms with Crippen LogP contribution in [-0.2, 0) is 19.4 Å². The first kappa shape index (κ1) is 17.9. The minimum absolute atomic E-state index is 0.0141. The number of hydrogen-bond donors (Lipinski definition) is 0. The molecular formula is C18H23NO5S. The molecule has 2 aliphatic rings. The van der Waals surface area contributed by atoms with Gasteiger partial charge in [0.1, 0.15) is 0 Å². The van der Waals surface area contributed by atoms with E-state index in [1.807, 2.05) is 19.9 Å². The fraction of sp³-hybridized carbons (Fsp3) is 0.556. The lowest BCUT2D eigenvalue weighted by Crippen LogP contribution is -2.44. The summed E-state index contributed by atoms with van der Waals surface area (Å²) in [6.07, 6.45) is 2.23. The maximum Gasteiger partial charge on any atom is 0.338 e. The number of ether oxygens (including phenoxy) is 1. The summed E-state index contributed by atoms with van der Waals surface area (Å²) < 4.78 is 28.6. The first-order valence-corrected chi connectivity index (χ1v) is 10.3. The third-order valence-corrected chi connectivity index (χ3v) is 6.36. The number of benzene rings is 1. The Hall–Kier alpha value is -1.89. The second kappa shape index (κ2) is 6.78. The molecule has 1 aromatic rings. The number of esters is 1. The Bertz CT molecular complexity index is 777. The molecule has 0 aromatic heterocycles. The number of aryl methyl sites for hydroxylation is 2. The van der Waals surface area contributed by atoms with Crippen LogP contribution in [0.4, 0.5) is 0 Å². The maximum atomic E-state index is 12.5. The summed E-state index contributed by atoms with van der Waals surface area (Å²) in [5, 5.41) is 0. The minimum atomic E-state index is -3.07. The largest absolute Gasteiger partial charge is 0.452 e. The van der Waals surface area contributed by atoms with Crippen LogP contribution < -0.4 is 0 Å². The van der Waals surface area contributed by atoms with E-state index >= 15 is 0 Å². The molecule has 1 heterocycles. The van der Waals surface area contributed by atoms with Gasteiger partial charge in [0, 0.05) is 12.1 Å². The van der Waals surface area contributed by atoms with Crippen LogP contribution in [0.1, 0.15) is 40.7 Å². The average Bonchev–Trinajstić information content (AvgIpc) is 3.27. The van der Waals surface area contributed by atoms with Crippen LogP contribution in [0.5, 0.6) is 0 Å². The van der Waals surface area contributed by atoms with E-state index in [2.05, 4.69) is 0 Å². The van der Waals surface area contributed by atoms with Crippen molar-refractivity contribution in [3.05, 3.63) is 34.9 Å². The summed E-state index contributed by atoms with van der Waals surface area (Å²) >= 11 is 0. The molecule has 0 bridgehead atoms. The number of carbonyl (C=O) groups excluding carboxylic acids is 2. The van der Waals surface area contributed by atoms with Crippen LogP contribution in [0.2, 0.25) is 0 Å². The van der Waals surface area contributed by atoms with Crippen LogP contribution in [0.3, 0.4) is 0 Å². The molecule has 1 aromatic carbocycles. The lowest BCUT2D eigenvalue weighted by atomic mass is 10.1. The van der Waals surface area contributed by atoms with Gasteiger partial charge in [-0.25, -0.2) is 13.2 Å². The smallest absolute Gasteiger partial charge is 0.338 e. The molecule has 1 aliphatic carbocycles. The fourth-order valence-corrected chi connectivity index (χ4v) is 5.14. The molecule has 136 valence electrons. The van der Waals surface area contributed by atoms with Crippen molar-refractivity contribution in [3.8, 4) is 0 Å². The topological polar surface area (TPSA) is 80.8 Å². The molecule has 6 nitrogen and oxygen atoms in total. The van der Waals surface area contributed by atoms with Crippen LogP contribution in [0.15, 0.2) is 18.2 Å². The second-order valence-corrected chi connectivity index (χ2v) is 9.27. The molecule has 7 heteroatoms. The second-order valence-electron chi connectivity index (χ2n) is 7.04. The van der Waals surface area contributed by atoms with E-state index in [0.717, 1.165) is 24.0 Å². The lowest BCUT2D eigenvalue weighted by Gasteiger charge is -2.28. The van der Waals surface area contributed by atoms with Gasteiger partial charge in [-0.3, -0.25) is 4.79 Å². The van der Waals surface area contributed by atoms with E-state index in [0.29, 0.717) is 12.0 Å². The number of nitrogens with zero attached hydrogens (tertiary/aromatic N) is 1. The first-order valence-electron chi connectivity index (χ1n) is 8.52. The number of amides is 1. The summed E-state index contributed by atoms with van der Waals surface area (Å²) in [6.45, 7) is 3.44. The molecule has 0 unspecified atom stereocenters. The van der Waals surface area contributed by atoms with Gasteiger partial charge in [-0.15, -0.1) is 0 Å². The molecule has 1 amide bonds. The third kappa shape index (κ3) is 4.39. The summed E-state index contributed by atoms with van der Waals surface area (Å²) in [5.41, 5.74) is 2.33. The van der Waals surface area contributed by atoms with Crippen molar-refractivity contribution in [2.24, 2.45) is 0 Å². The molecule has 3 rings (SSSR count). The zero-order valence-corrected chi connectivity index (χ0v) is 15.3. The van der Waals surface area contributed by atoms with Gasteiger partial charge < -0.3 is 9.64 Å². The van der Waals surface area contributed by atoms with Gasteiger partial charge in [0.25, 0.3) is 5.91 Å². The summed E-state index contributed by atoms with van der Waals surface area (Å²) in [6, 6.07) is 5.21. The lowest BCUT2D eigenvalue weighted by molar-refractivity contribution is -0.137. The molecule has 1 atom stereocenters. The zero-order chi connectivity index (χ0) is 18.2. The van der Waals surface area contributed by atoms with Crippen molar-refractivity contribution in [1.82, 2.24) is 4.90 Å². The van der Waals surface area contributed by atoms with E-state index in [-0.39, 0.29) is 36.1 Å². The third-order valence-electron chi connectivity index (χ3n) is 4.61. The van der Waals surface area contributed by atoms with Gasteiger partial charge in [-0.1, -0.05) is 17.2 Å². The van der Waals surface area contributed by atoms with Gasteiger partial charge in [0.05, 0.1) is 17.1 Å². The molecule has 2 fully saturated rings. The Balaban J connectivity index is 1.63. The SMILES string of the molecule is Cc1cc(C)cc(C(=O)OCC(=O)N(C2CC2)[C@@H]2CCS(=O)(=O)C2)c1. The Labute approximate surface area is 148 Å². The van der Waals surface area contributed by atoms with E-state index in [4.69, 9.17) is 4.74 Å². The van der Waals surface area contributed by atoms with E-state index in [1.54, 1.807) is 17.0 Å². The van der Waals surface area contributed by atoms with Crippen LogP contribution >= 0.6 is 0 Å². The summed E-state index contributed by atoms with van der Waals surface area (Å²) in [5.74, 6) is -0.700. The highest BCUT2D eigenvalue weighted by molar-refractivity contribution is 7.91.